The third-order valence-electron chi connectivity index (χ3n) is 4.12. The van der Waals surface area contributed by atoms with E-state index in [1.54, 1.807) is 6.07 Å². The van der Waals surface area contributed by atoms with E-state index in [1.165, 1.54) is 5.39 Å². The van der Waals surface area contributed by atoms with E-state index in [0.29, 0.717) is 31.8 Å². The normalized spacial score (nSPS) is 13.0. The molecule has 0 saturated heterocycles. The highest BCUT2D eigenvalue weighted by Gasteiger charge is 2.13. The molecule has 5 nitrogen and oxygen atoms in total. The van der Waals surface area contributed by atoms with Crippen molar-refractivity contribution in [2.45, 2.75) is 12.8 Å². The van der Waals surface area contributed by atoms with Gasteiger partial charge in [-0.05, 0) is 30.2 Å². The molecular formula is C19H18N2O3. The standard InChI is InChI=1S/C19H18N2O3/c22-19(8-5-13-12-20-16-4-2-1-3-15(13)16)21-14-6-7-17-18(11-14)24-10-9-23-17/h1-4,6-7,11-12,20H,5,8-10H2,(H,21,22). The first kappa shape index (κ1) is 14.6. The molecule has 2 heterocycles. The molecule has 5 heteroatoms. The van der Waals surface area contributed by atoms with Gasteiger partial charge in [-0.3, -0.25) is 4.79 Å². The fourth-order valence-corrected chi connectivity index (χ4v) is 2.93. The van der Waals surface area contributed by atoms with Crippen molar-refractivity contribution in [1.29, 1.82) is 0 Å². The molecule has 0 bridgehead atoms. The van der Waals surface area contributed by atoms with Crippen LogP contribution in [0.3, 0.4) is 0 Å². The minimum atomic E-state index is -0.0167. The highest BCUT2D eigenvalue weighted by atomic mass is 16.6. The average molecular weight is 322 g/mol. The van der Waals surface area contributed by atoms with Crippen LogP contribution in [0.4, 0.5) is 5.69 Å². The third kappa shape index (κ3) is 2.93. The molecule has 0 saturated carbocycles. The van der Waals surface area contributed by atoms with E-state index >= 15 is 0 Å². The van der Waals surface area contributed by atoms with Crippen LogP contribution in [0.15, 0.2) is 48.7 Å². The number of para-hydroxylation sites is 1. The third-order valence-corrected chi connectivity index (χ3v) is 4.12. The van der Waals surface area contributed by atoms with E-state index in [4.69, 9.17) is 9.47 Å². The number of aromatic nitrogens is 1. The van der Waals surface area contributed by atoms with Gasteiger partial charge in [-0.25, -0.2) is 0 Å². The minimum absolute atomic E-state index is 0.0167. The number of hydrogen-bond acceptors (Lipinski definition) is 3. The molecule has 0 spiro atoms. The van der Waals surface area contributed by atoms with Gasteiger partial charge in [0.25, 0.3) is 0 Å². The molecule has 1 amide bonds. The van der Waals surface area contributed by atoms with Crippen LogP contribution in [0.25, 0.3) is 10.9 Å². The van der Waals surface area contributed by atoms with Gasteiger partial charge in [-0.2, -0.15) is 0 Å². The molecule has 1 aliphatic rings. The summed E-state index contributed by atoms with van der Waals surface area (Å²) in [6.07, 6.45) is 3.10. The SMILES string of the molecule is O=C(CCc1c[nH]c2ccccc12)Nc1ccc2c(c1)OCCO2. The lowest BCUT2D eigenvalue weighted by atomic mass is 10.1. The number of H-pyrrole nitrogens is 1. The van der Waals surface area contributed by atoms with Gasteiger partial charge in [-0.1, -0.05) is 18.2 Å². The molecular weight excluding hydrogens is 304 g/mol. The Labute approximate surface area is 139 Å². The second-order valence-electron chi connectivity index (χ2n) is 5.77. The van der Waals surface area contributed by atoms with Crippen LogP contribution in [-0.4, -0.2) is 24.1 Å². The van der Waals surface area contributed by atoms with Crippen LogP contribution in [0.5, 0.6) is 11.5 Å². The molecule has 4 rings (SSSR count). The number of amides is 1. The number of rotatable bonds is 4. The monoisotopic (exact) mass is 322 g/mol. The van der Waals surface area contributed by atoms with E-state index in [1.807, 2.05) is 36.5 Å². The van der Waals surface area contributed by atoms with Crippen molar-refractivity contribution in [3.8, 4) is 11.5 Å². The molecule has 2 N–H and O–H groups in total. The first-order valence-electron chi connectivity index (χ1n) is 8.04. The number of nitrogens with one attached hydrogen (secondary N) is 2. The largest absolute Gasteiger partial charge is 0.486 e. The number of hydrogen-bond donors (Lipinski definition) is 2. The molecule has 0 radical (unpaired) electrons. The topological polar surface area (TPSA) is 63.4 Å². The smallest absolute Gasteiger partial charge is 0.224 e. The average Bonchev–Trinajstić information content (AvgIpc) is 3.03. The maximum Gasteiger partial charge on any atom is 0.224 e. The fraction of sp³-hybridized carbons (Fsp3) is 0.211. The summed E-state index contributed by atoms with van der Waals surface area (Å²) in [5.41, 5.74) is 2.98. The first-order chi connectivity index (χ1) is 11.8. The van der Waals surface area contributed by atoms with E-state index < -0.39 is 0 Å². The number of ether oxygens (including phenoxy) is 2. The van der Waals surface area contributed by atoms with Crippen LogP contribution < -0.4 is 14.8 Å². The Balaban J connectivity index is 1.40. The van der Waals surface area contributed by atoms with Crippen molar-refractivity contribution in [2.24, 2.45) is 0 Å². The quantitative estimate of drug-likeness (QED) is 0.772. The summed E-state index contributed by atoms with van der Waals surface area (Å²) in [6, 6.07) is 13.6. The van der Waals surface area contributed by atoms with Crippen molar-refractivity contribution in [3.05, 3.63) is 54.2 Å². The zero-order valence-electron chi connectivity index (χ0n) is 13.2. The first-order valence-corrected chi connectivity index (χ1v) is 8.04. The Kier molecular flexibility index (Phi) is 3.83. The van der Waals surface area contributed by atoms with Crippen LogP contribution >= 0.6 is 0 Å². The van der Waals surface area contributed by atoms with Crippen molar-refractivity contribution >= 4 is 22.5 Å². The summed E-state index contributed by atoms with van der Waals surface area (Å²) >= 11 is 0. The Bertz CT molecular complexity index is 885. The highest BCUT2D eigenvalue weighted by molar-refractivity contribution is 5.92. The minimum Gasteiger partial charge on any atom is -0.486 e. The van der Waals surface area contributed by atoms with Crippen LogP contribution in [0.2, 0.25) is 0 Å². The number of aryl methyl sites for hydroxylation is 1. The van der Waals surface area contributed by atoms with E-state index in [0.717, 1.165) is 22.5 Å². The second-order valence-corrected chi connectivity index (χ2v) is 5.77. The number of benzene rings is 2. The molecule has 0 unspecified atom stereocenters. The number of carbonyl (C=O) groups excluding carboxylic acids is 1. The second kappa shape index (κ2) is 6.28. The van der Waals surface area contributed by atoms with Gasteiger partial charge in [0.2, 0.25) is 5.91 Å². The van der Waals surface area contributed by atoms with Crippen molar-refractivity contribution in [1.82, 2.24) is 4.98 Å². The van der Waals surface area contributed by atoms with Gasteiger partial charge in [0.05, 0.1) is 0 Å². The number of anilines is 1. The molecule has 3 aromatic rings. The fourth-order valence-electron chi connectivity index (χ4n) is 2.93. The lowest BCUT2D eigenvalue weighted by Gasteiger charge is -2.19. The molecule has 0 atom stereocenters. The number of aromatic amines is 1. The lowest BCUT2D eigenvalue weighted by Crippen LogP contribution is -2.16. The molecule has 1 aliphatic heterocycles. The van der Waals surface area contributed by atoms with E-state index in [-0.39, 0.29) is 5.91 Å². The summed E-state index contributed by atoms with van der Waals surface area (Å²) in [4.78, 5) is 15.5. The van der Waals surface area contributed by atoms with Crippen molar-refractivity contribution in [3.63, 3.8) is 0 Å². The maximum atomic E-state index is 12.2. The zero-order valence-corrected chi connectivity index (χ0v) is 13.2. The number of fused-ring (bicyclic) bond motifs is 2. The van der Waals surface area contributed by atoms with Gasteiger partial charge < -0.3 is 19.8 Å². The summed E-state index contributed by atoms with van der Waals surface area (Å²) in [6.45, 7) is 1.09. The summed E-state index contributed by atoms with van der Waals surface area (Å²) in [5.74, 6) is 1.38. The molecule has 122 valence electrons. The molecule has 0 aliphatic carbocycles. The summed E-state index contributed by atoms with van der Waals surface area (Å²) in [5, 5.41) is 4.09. The van der Waals surface area contributed by atoms with Gasteiger partial charge in [0, 0.05) is 35.3 Å². The van der Waals surface area contributed by atoms with E-state index in [2.05, 4.69) is 16.4 Å². The lowest BCUT2D eigenvalue weighted by molar-refractivity contribution is -0.116. The van der Waals surface area contributed by atoms with Gasteiger partial charge >= 0.3 is 0 Å². The maximum absolute atomic E-state index is 12.2. The predicted molar refractivity (Wildman–Crippen MR) is 92.7 cm³/mol. The van der Waals surface area contributed by atoms with Gasteiger partial charge in [0.15, 0.2) is 11.5 Å². The van der Waals surface area contributed by atoms with Crippen molar-refractivity contribution in [2.75, 3.05) is 18.5 Å². The Hall–Kier alpha value is -2.95. The van der Waals surface area contributed by atoms with E-state index in [9.17, 15) is 4.79 Å². The Morgan fingerprint density at radius 2 is 1.92 bits per heavy atom. The number of carbonyl (C=O) groups is 1. The molecule has 24 heavy (non-hydrogen) atoms. The van der Waals surface area contributed by atoms with Crippen LogP contribution in [-0.2, 0) is 11.2 Å². The predicted octanol–water partition coefficient (Wildman–Crippen LogP) is 3.51. The summed E-state index contributed by atoms with van der Waals surface area (Å²) in [7, 11) is 0. The van der Waals surface area contributed by atoms with Crippen LogP contribution in [0, 0.1) is 0 Å². The Morgan fingerprint density at radius 1 is 1.08 bits per heavy atom. The highest BCUT2D eigenvalue weighted by Crippen LogP contribution is 2.32. The van der Waals surface area contributed by atoms with Gasteiger partial charge in [0.1, 0.15) is 13.2 Å². The zero-order chi connectivity index (χ0) is 16.4. The Morgan fingerprint density at radius 3 is 2.83 bits per heavy atom. The van der Waals surface area contributed by atoms with Gasteiger partial charge in [-0.15, -0.1) is 0 Å². The van der Waals surface area contributed by atoms with Crippen molar-refractivity contribution < 1.29 is 14.3 Å². The summed E-state index contributed by atoms with van der Waals surface area (Å²) < 4.78 is 11.0. The molecule has 0 fully saturated rings. The van der Waals surface area contributed by atoms with Crippen LogP contribution in [0.1, 0.15) is 12.0 Å². The molecule has 2 aromatic carbocycles. The molecule has 1 aromatic heterocycles.